The van der Waals surface area contributed by atoms with Crippen molar-refractivity contribution in [2.45, 2.75) is 33.0 Å². The summed E-state index contributed by atoms with van der Waals surface area (Å²) >= 11 is 0. The molecule has 0 spiro atoms. The molecule has 1 aromatic carbocycles. The van der Waals surface area contributed by atoms with E-state index in [-0.39, 0.29) is 18.1 Å². The lowest BCUT2D eigenvalue weighted by molar-refractivity contribution is -0.0587. The Morgan fingerprint density at radius 1 is 1.29 bits per heavy atom. The maximum Gasteiger partial charge on any atom is 0.276 e. The molecular weight excluding hydrogens is 308 g/mol. The zero-order valence-corrected chi connectivity index (χ0v) is 14.4. The third kappa shape index (κ3) is 3.12. The fourth-order valence-corrected chi connectivity index (χ4v) is 3.01. The number of amides is 1. The van der Waals surface area contributed by atoms with Crippen LogP contribution in [0.3, 0.4) is 0 Å². The van der Waals surface area contributed by atoms with Crippen LogP contribution in [0.5, 0.6) is 5.75 Å². The van der Waals surface area contributed by atoms with E-state index >= 15 is 0 Å². The lowest BCUT2D eigenvalue weighted by Crippen LogP contribution is -2.48. The van der Waals surface area contributed by atoms with Gasteiger partial charge in [0.1, 0.15) is 5.75 Å². The summed E-state index contributed by atoms with van der Waals surface area (Å²) in [6.45, 7) is 6.91. The van der Waals surface area contributed by atoms with Gasteiger partial charge in [-0.15, -0.1) is 5.10 Å². The molecule has 2 aromatic rings. The highest BCUT2D eigenvalue weighted by Crippen LogP contribution is 2.20. The summed E-state index contributed by atoms with van der Waals surface area (Å²) in [6, 6.07) is 7.49. The van der Waals surface area contributed by atoms with E-state index in [2.05, 4.69) is 10.3 Å². The molecule has 0 saturated carbocycles. The highest BCUT2D eigenvalue weighted by molar-refractivity contribution is 5.93. The summed E-state index contributed by atoms with van der Waals surface area (Å²) in [7, 11) is 1.61. The minimum Gasteiger partial charge on any atom is -0.497 e. The van der Waals surface area contributed by atoms with Crippen molar-refractivity contribution in [1.29, 1.82) is 0 Å². The third-order valence-electron chi connectivity index (χ3n) is 4.10. The number of morpholine rings is 1. The van der Waals surface area contributed by atoms with Crippen molar-refractivity contribution >= 4 is 5.91 Å². The molecule has 128 valence electrons. The first kappa shape index (κ1) is 16.4. The van der Waals surface area contributed by atoms with Crippen LogP contribution in [-0.2, 0) is 4.74 Å². The van der Waals surface area contributed by atoms with E-state index in [1.165, 1.54) is 0 Å². The van der Waals surface area contributed by atoms with E-state index in [1.54, 1.807) is 16.7 Å². The topological polar surface area (TPSA) is 69.5 Å². The molecule has 3 rings (SSSR count). The number of nitrogens with zero attached hydrogens (tertiary/aromatic N) is 4. The van der Waals surface area contributed by atoms with Gasteiger partial charge in [0.05, 0.1) is 30.7 Å². The average molecular weight is 330 g/mol. The molecule has 0 radical (unpaired) electrons. The van der Waals surface area contributed by atoms with Crippen LogP contribution in [0.4, 0.5) is 0 Å². The van der Waals surface area contributed by atoms with Gasteiger partial charge in [-0.1, -0.05) is 11.3 Å². The van der Waals surface area contributed by atoms with Crippen LogP contribution in [0.2, 0.25) is 0 Å². The second-order valence-corrected chi connectivity index (χ2v) is 6.10. The molecule has 0 unspecified atom stereocenters. The van der Waals surface area contributed by atoms with E-state index in [9.17, 15) is 4.79 Å². The monoisotopic (exact) mass is 330 g/mol. The number of carbonyl (C=O) groups is 1. The van der Waals surface area contributed by atoms with Crippen LogP contribution in [0.15, 0.2) is 24.3 Å². The molecule has 1 fully saturated rings. The van der Waals surface area contributed by atoms with Gasteiger partial charge in [0.2, 0.25) is 0 Å². The van der Waals surface area contributed by atoms with Gasteiger partial charge in [-0.25, -0.2) is 4.68 Å². The zero-order valence-electron chi connectivity index (χ0n) is 14.4. The molecule has 24 heavy (non-hydrogen) atoms. The van der Waals surface area contributed by atoms with E-state index in [1.807, 2.05) is 45.0 Å². The van der Waals surface area contributed by atoms with Gasteiger partial charge in [-0.3, -0.25) is 4.79 Å². The summed E-state index contributed by atoms with van der Waals surface area (Å²) in [6.07, 6.45) is 0.0397. The van der Waals surface area contributed by atoms with Crippen molar-refractivity contribution in [3.63, 3.8) is 0 Å². The largest absolute Gasteiger partial charge is 0.497 e. The van der Waals surface area contributed by atoms with Crippen LogP contribution >= 0.6 is 0 Å². The predicted molar refractivity (Wildman–Crippen MR) is 88.6 cm³/mol. The van der Waals surface area contributed by atoms with Crippen molar-refractivity contribution < 1.29 is 14.3 Å². The number of rotatable bonds is 3. The molecule has 7 nitrogen and oxygen atoms in total. The molecule has 2 atom stereocenters. The second-order valence-electron chi connectivity index (χ2n) is 6.10. The maximum absolute atomic E-state index is 12.8. The fourth-order valence-electron chi connectivity index (χ4n) is 3.01. The van der Waals surface area contributed by atoms with E-state index in [0.717, 1.165) is 11.4 Å². The normalized spacial score (nSPS) is 20.9. The Morgan fingerprint density at radius 3 is 2.67 bits per heavy atom. The quantitative estimate of drug-likeness (QED) is 0.859. The molecular formula is C17H22N4O3. The third-order valence-corrected chi connectivity index (χ3v) is 4.10. The summed E-state index contributed by atoms with van der Waals surface area (Å²) in [5.74, 6) is 0.620. The zero-order chi connectivity index (χ0) is 17.3. The van der Waals surface area contributed by atoms with Gasteiger partial charge in [-0.2, -0.15) is 0 Å². The number of benzene rings is 1. The molecule has 0 N–H and O–H groups in total. The molecule has 2 heterocycles. The summed E-state index contributed by atoms with van der Waals surface area (Å²) in [5, 5.41) is 8.26. The van der Waals surface area contributed by atoms with E-state index < -0.39 is 0 Å². The van der Waals surface area contributed by atoms with Crippen molar-refractivity contribution in [2.24, 2.45) is 0 Å². The lowest BCUT2D eigenvalue weighted by Gasteiger charge is -2.34. The van der Waals surface area contributed by atoms with Crippen LogP contribution in [0, 0.1) is 6.92 Å². The number of hydrogen-bond acceptors (Lipinski definition) is 5. The maximum atomic E-state index is 12.8. The Hall–Kier alpha value is -2.41. The van der Waals surface area contributed by atoms with Gasteiger partial charge in [0, 0.05) is 19.2 Å². The SMILES string of the molecule is COc1cccc(-n2nnc(C(=O)N3C[C@@H](C)O[C@@H](C)C3)c2C)c1. The van der Waals surface area contributed by atoms with Crippen LogP contribution < -0.4 is 4.74 Å². The molecule has 0 aliphatic carbocycles. The Bertz CT molecular complexity index is 733. The first-order valence-corrected chi connectivity index (χ1v) is 8.01. The number of ether oxygens (including phenoxy) is 2. The number of methoxy groups -OCH3 is 1. The molecule has 1 aromatic heterocycles. The fraction of sp³-hybridized carbons (Fsp3) is 0.471. The van der Waals surface area contributed by atoms with Crippen LogP contribution in [0.1, 0.15) is 30.0 Å². The Kier molecular flexibility index (Phi) is 4.53. The standard InChI is InChI=1S/C17H22N4O3/c1-11-9-20(10-12(2)24-11)17(22)16-13(3)21(19-18-16)14-6-5-7-15(8-14)23-4/h5-8,11-12H,9-10H2,1-4H3/t11-,12+. The van der Waals surface area contributed by atoms with Gasteiger partial charge in [0.25, 0.3) is 5.91 Å². The smallest absolute Gasteiger partial charge is 0.276 e. The number of aromatic nitrogens is 3. The first-order valence-electron chi connectivity index (χ1n) is 8.01. The van der Waals surface area contributed by atoms with E-state index in [4.69, 9.17) is 9.47 Å². The highest BCUT2D eigenvalue weighted by atomic mass is 16.5. The van der Waals surface area contributed by atoms with Gasteiger partial charge >= 0.3 is 0 Å². The predicted octanol–water partition coefficient (Wildman–Crippen LogP) is 1.83. The first-order chi connectivity index (χ1) is 11.5. The Morgan fingerprint density at radius 2 is 2.00 bits per heavy atom. The number of hydrogen-bond donors (Lipinski definition) is 0. The summed E-state index contributed by atoms with van der Waals surface area (Å²) in [4.78, 5) is 14.6. The Balaban J connectivity index is 1.88. The van der Waals surface area contributed by atoms with Gasteiger partial charge in [0.15, 0.2) is 5.69 Å². The molecule has 1 aliphatic rings. The molecule has 1 amide bonds. The second kappa shape index (κ2) is 6.60. The highest BCUT2D eigenvalue weighted by Gasteiger charge is 2.29. The molecule has 7 heteroatoms. The van der Waals surface area contributed by atoms with Crippen LogP contribution in [0.25, 0.3) is 5.69 Å². The molecule has 1 saturated heterocycles. The summed E-state index contributed by atoms with van der Waals surface area (Å²) < 4.78 is 12.6. The van der Waals surface area contributed by atoms with Crippen molar-refractivity contribution in [2.75, 3.05) is 20.2 Å². The Labute approximate surface area is 141 Å². The number of carbonyl (C=O) groups excluding carboxylic acids is 1. The van der Waals surface area contributed by atoms with Crippen molar-refractivity contribution in [1.82, 2.24) is 19.9 Å². The van der Waals surface area contributed by atoms with Crippen LogP contribution in [-0.4, -0.2) is 58.2 Å². The van der Waals surface area contributed by atoms with E-state index in [0.29, 0.717) is 24.5 Å². The minimum atomic E-state index is -0.108. The summed E-state index contributed by atoms with van der Waals surface area (Å²) in [5.41, 5.74) is 1.89. The van der Waals surface area contributed by atoms with Crippen molar-refractivity contribution in [3.05, 3.63) is 35.7 Å². The van der Waals surface area contributed by atoms with Crippen molar-refractivity contribution in [3.8, 4) is 11.4 Å². The molecule has 0 bridgehead atoms. The lowest BCUT2D eigenvalue weighted by atomic mass is 10.2. The van der Waals surface area contributed by atoms with Gasteiger partial charge in [-0.05, 0) is 32.9 Å². The minimum absolute atomic E-state index is 0.0198. The molecule has 1 aliphatic heterocycles. The van der Waals surface area contributed by atoms with Gasteiger partial charge < -0.3 is 14.4 Å². The average Bonchev–Trinajstić information content (AvgIpc) is 2.95.